The Hall–Kier alpha value is -3.18. The third-order valence-electron chi connectivity index (χ3n) is 5.54. The fourth-order valence-electron chi connectivity index (χ4n) is 3.97. The van der Waals surface area contributed by atoms with Crippen LogP contribution in [0.1, 0.15) is 45.8 Å². The number of aromatic nitrogens is 1. The Morgan fingerprint density at radius 3 is 2.66 bits per heavy atom. The van der Waals surface area contributed by atoms with Gasteiger partial charge in [-0.05, 0) is 62.8 Å². The van der Waals surface area contributed by atoms with E-state index in [2.05, 4.69) is 11.4 Å². The summed E-state index contributed by atoms with van der Waals surface area (Å²) in [5.41, 5.74) is 4.26. The van der Waals surface area contributed by atoms with Gasteiger partial charge in [0.05, 0.1) is 5.56 Å². The van der Waals surface area contributed by atoms with E-state index >= 15 is 0 Å². The maximum Gasteiger partial charge on any atom is 0.331 e. The van der Waals surface area contributed by atoms with Gasteiger partial charge in [-0.25, -0.2) is 4.79 Å². The number of nitrogens with one attached hydrogen (secondary N) is 1. The van der Waals surface area contributed by atoms with E-state index in [1.807, 2.05) is 24.5 Å². The second-order valence-corrected chi connectivity index (χ2v) is 8.43. The minimum atomic E-state index is -0.731. The molecule has 29 heavy (non-hydrogen) atoms. The highest BCUT2D eigenvalue weighted by Crippen LogP contribution is 2.38. The third-order valence-corrected chi connectivity index (χ3v) is 6.82. The summed E-state index contributed by atoms with van der Waals surface area (Å²) in [6.07, 6.45) is 5.68. The first-order valence-corrected chi connectivity index (χ1v) is 10.2. The van der Waals surface area contributed by atoms with Crippen molar-refractivity contribution in [2.45, 2.75) is 39.5 Å². The molecule has 4 rings (SSSR count). The Labute approximate surface area is 172 Å². The van der Waals surface area contributed by atoms with E-state index in [-0.39, 0.29) is 5.57 Å². The standard InChI is InChI=1S/C21H20N4O3S/c1-11-8-13(9-15-18(26)23-21(28)24(3)19(15)27)12(2)25(11)20-16(10-22)14-6-4-5-7-17(14)29-20/h8-9H,4-7H2,1-3H3,(H,23,26,28). The number of hydrogen-bond donors (Lipinski definition) is 1. The van der Waals surface area contributed by atoms with Gasteiger partial charge in [0.15, 0.2) is 0 Å². The molecule has 0 atom stereocenters. The average Bonchev–Trinajstić information content (AvgIpc) is 3.19. The summed E-state index contributed by atoms with van der Waals surface area (Å²) in [4.78, 5) is 38.3. The summed E-state index contributed by atoms with van der Waals surface area (Å²) >= 11 is 1.65. The number of nitrogens with zero attached hydrogens (tertiary/aromatic N) is 3. The van der Waals surface area contributed by atoms with Crippen molar-refractivity contribution in [1.82, 2.24) is 14.8 Å². The van der Waals surface area contributed by atoms with Crippen molar-refractivity contribution >= 4 is 35.3 Å². The molecule has 0 unspecified atom stereocenters. The molecule has 0 aromatic carbocycles. The number of imide groups is 2. The third kappa shape index (κ3) is 2.98. The van der Waals surface area contributed by atoms with E-state index in [1.54, 1.807) is 11.3 Å². The van der Waals surface area contributed by atoms with Gasteiger partial charge in [0.2, 0.25) is 0 Å². The number of aryl methyl sites for hydroxylation is 2. The van der Waals surface area contributed by atoms with Gasteiger partial charge >= 0.3 is 6.03 Å². The molecule has 1 fully saturated rings. The number of carbonyl (C=O) groups excluding carboxylic acids is 3. The van der Waals surface area contributed by atoms with Gasteiger partial charge < -0.3 is 4.57 Å². The first-order valence-electron chi connectivity index (χ1n) is 9.42. The van der Waals surface area contributed by atoms with E-state index in [0.717, 1.165) is 58.1 Å². The summed E-state index contributed by atoms with van der Waals surface area (Å²) < 4.78 is 2.02. The minimum Gasteiger partial charge on any atom is -0.308 e. The molecule has 1 N–H and O–H groups in total. The van der Waals surface area contributed by atoms with Crippen LogP contribution < -0.4 is 5.32 Å². The lowest BCUT2D eigenvalue weighted by Gasteiger charge is -2.22. The number of fused-ring (bicyclic) bond motifs is 1. The SMILES string of the molecule is Cc1cc(C=C2C(=O)NC(=O)N(C)C2=O)c(C)n1-c1sc2c(c1C#N)CCCC2. The summed E-state index contributed by atoms with van der Waals surface area (Å²) in [6.45, 7) is 3.84. The first kappa shape index (κ1) is 19.2. The van der Waals surface area contributed by atoms with Crippen LogP contribution in [0.3, 0.4) is 0 Å². The molecule has 8 heteroatoms. The second kappa shape index (κ2) is 7.01. The maximum atomic E-state index is 12.4. The number of amides is 4. The smallest absolute Gasteiger partial charge is 0.308 e. The molecule has 148 valence electrons. The zero-order chi connectivity index (χ0) is 20.9. The van der Waals surface area contributed by atoms with Gasteiger partial charge in [-0.3, -0.25) is 19.8 Å². The van der Waals surface area contributed by atoms with Crippen molar-refractivity contribution in [3.63, 3.8) is 0 Å². The second-order valence-electron chi connectivity index (χ2n) is 7.35. The van der Waals surface area contributed by atoms with Crippen molar-refractivity contribution in [3.8, 4) is 11.1 Å². The van der Waals surface area contributed by atoms with Crippen LogP contribution in [-0.2, 0) is 22.4 Å². The zero-order valence-corrected chi connectivity index (χ0v) is 17.3. The number of hydrogen-bond acceptors (Lipinski definition) is 5. The van der Waals surface area contributed by atoms with Gasteiger partial charge in [0.25, 0.3) is 11.8 Å². The van der Waals surface area contributed by atoms with Crippen molar-refractivity contribution in [2.24, 2.45) is 0 Å². The van der Waals surface area contributed by atoms with Gasteiger partial charge in [0, 0.05) is 23.3 Å². The summed E-state index contributed by atoms with van der Waals surface area (Å²) in [7, 11) is 1.33. The lowest BCUT2D eigenvalue weighted by atomic mass is 9.96. The fraction of sp³-hybridized carbons (Fsp3) is 0.333. The van der Waals surface area contributed by atoms with Crippen molar-refractivity contribution in [1.29, 1.82) is 5.26 Å². The molecule has 4 amide bonds. The number of nitriles is 1. The number of thiophene rings is 1. The molecule has 1 aliphatic carbocycles. The van der Waals surface area contributed by atoms with E-state index in [0.29, 0.717) is 5.56 Å². The van der Waals surface area contributed by atoms with Gasteiger partial charge in [-0.2, -0.15) is 5.26 Å². The molecule has 1 aliphatic heterocycles. The maximum absolute atomic E-state index is 12.4. The molecular formula is C21H20N4O3S. The normalized spacial score (nSPS) is 18.1. The van der Waals surface area contributed by atoms with E-state index in [9.17, 15) is 19.6 Å². The minimum absolute atomic E-state index is 0.0849. The molecule has 2 aliphatic rings. The number of likely N-dealkylation sites (N-methyl/N-ethyl adjacent to an activating group) is 1. The van der Waals surface area contributed by atoms with Crippen LogP contribution in [0.5, 0.6) is 0 Å². The fourth-order valence-corrected chi connectivity index (χ4v) is 5.42. The van der Waals surface area contributed by atoms with Crippen molar-refractivity contribution < 1.29 is 14.4 Å². The summed E-state index contributed by atoms with van der Waals surface area (Å²) in [6, 6.07) is 3.54. The molecule has 7 nitrogen and oxygen atoms in total. The van der Waals surface area contributed by atoms with Crippen LogP contribution in [0.4, 0.5) is 4.79 Å². The number of carbonyl (C=O) groups is 3. The predicted octanol–water partition coefficient (Wildman–Crippen LogP) is 3.00. The molecule has 0 spiro atoms. The highest BCUT2D eigenvalue weighted by atomic mass is 32.1. The van der Waals surface area contributed by atoms with Crippen LogP contribution in [-0.4, -0.2) is 34.4 Å². The number of barbiturate groups is 1. The van der Waals surface area contributed by atoms with Gasteiger partial charge in [-0.15, -0.1) is 11.3 Å². The molecule has 0 radical (unpaired) electrons. The van der Waals surface area contributed by atoms with E-state index in [4.69, 9.17) is 0 Å². The Morgan fingerprint density at radius 1 is 1.21 bits per heavy atom. The van der Waals surface area contributed by atoms with Crippen LogP contribution in [0.2, 0.25) is 0 Å². The highest BCUT2D eigenvalue weighted by molar-refractivity contribution is 7.15. The quantitative estimate of drug-likeness (QED) is 0.610. The molecule has 0 saturated carbocycles. The monoisotopic (exact) mass is 408 g/mol. The first-order chi connectivity index (χ1) is 13.8. The zero-order valence-electron chi connectivity index (χ0n) is 16.5. The lowest BCUT2D eigenvalue weighted by Crippen LogP contribution is -2.52. The Balaban J connectivity index is 1.82. The predicted molar refractivity (Wildman–Crippen MR) is 109 cm³/mol. The van der Waals surface area contributed by atoms with Crippen molar-refractivity contribution in [2.75, 3.05) is 7.05 Å². The molecule has 2 aromatic heterocycles. The van der Waals surface area contributed by atoms with Gasteiger partial charge in [-0.1, -0.05) is 0 Å². The van der Waals surface area contributed by atoms with Crippen LogP contribution >= 0.6 is 11.3 Å². The average molecular weight is 408 g/mol. The Kier molecular flexibility index (Phi) is 4.63. The largest absolute Gasteiger partial charge is 0.331 e. The van der Waals surface area contributed by atoms with E-state index < -0.39 is 17.8 Å². The highest BCUT2D eigenvalue weighted by Gasteiger charge is 2.33. The summed E-state index contributed by atoms with van der Waals surface area (Å²) in [5.74, 6) is -1.33. The molecule has 1 saturated heterocycles. The lowest BCUT2D eigenvalue weighted by molar-refractivity contribution is -0.129. The van der Waals surface area contributed by atoms with Gasteiger partial charge in [0.1, 0.15) is 16.6 Å². The molecular weight excluding hydrogens is 388 g/mol. The molecule has 0 bridgehead atoms. The van der Waals surface area contributed by atoms with Crippen LogP contribution in [0, 0.1) is 25.2 Å². The topological polar surface area (TPSA) is 95.2 Å². The molecule has 3 heterocycles. The van der Waals surface area contributed by atoms with Crippen LogP contribution in [0.15, 0.2) is 11.6 Å². The number of rotatable bonds is 2. The number of urea groups is 1. The van der Waals surface area contributed by atoms with Crippen LogP contribution in [0.25, 0.3) is 11.1 Å². The molecule has 2 aromatic rings. The Bertz CT molecular complexity index is 1150. The Morgan fingerprint density at radius 2 is 1.93 bits per heavy atom. The summed E-state index contributed by atoms with van der Waals surface area (Å²) in [5, 5.41) is 12.9. The van der Waals surface area contributed by atoms with E-state index in [1.165, 1.54) is 18.0 Å². The van der Waals surface area contributed by atoms with Crippen molar-refractivity contribution in [3.05, 3.63) is 44.6 Å².